The summed E-state index contributed by atoms with van der Waals surface area (Å²) in [5.74, 6) is 0.161. The van der Waals surface area contributed by atoms with Crippen LogP contribution in [0.4, 0.5) is 5.69 Å². The average Bonchev–Trinajstić information content (AvgIpc) is 3.22. The van der Waals surface area contributed by atoms with Crippen molar-refractivity contribution in [3.63, 3.8) is 0 Å². The Labute approximate surface area is 126 Å². The molecule has 1 aromatic rings. The smallest absolute Gasteiger partial charge is 0.240 e. The fourth-order valence-corrected chi connectivity index (χ4v) is 2.33. The van der Waals surface area contributed by atoms with Gasteiger partial charge in [-0.3, -0.25) is 4.79 Å². The number of nitriles is 1. The van der Waals surface area contributed by atoms with Gasteiger partial charge in [-0.1, -0.05) is 0 Å². The first-order valence-corrected chi connectivity index (χ1v) is 7.33. The first-order chi connectivity index (χ1) is 9.03. The Hall–Kier alpha value is -1.29. The van der Waals surface area contributed by atoms with Crippen LogP contribution in [0.3, 0.4) is 0 Å². The van der Waals surface area contributed by atoms with E-state index >= 15 is 0 Å². The SMILES string of the molecule is C[C@@](C#N)(NC(=O)CNc1ccc(I)cc1)C1CC1. The summed E-state index contributed by atoms with van der Waals surface area (Å²) >= 11 is 2.23. The van der Waals surface area contributed by atoms with E-state index < -0.39 is 5.54 Å². The Kier molecular flexibility index (Phi) is 4.30. The predicted octanol–water partition coefficient (Wildman–Crippen LogP) is 2.51. The topological polar surface area (TPSA) is 64.9 Å². The van der Waals surface area contributed by atoms with Crippen molar-refractivity contribution in [3.05, 3.63) is 27.8 Å². The third kappa shape index (κ3) is 3.83. The lowest BCUT2D eigenvalue weighted by Crippen LogP contribution is -2.48. The van der Waals surface area contributed by atoms with Gasteiger partial charge >= 0.3 is 0 Å². The third-order valence-electron chi connectivity index (χ3n) is 3.32. The quantitative estimate of drug-likeness (QED) is 0.784. The van der Waals surface area contributed by atoms with Crippen LogP contribution in [0.5, 0.6) is 0 Å². The lowest BCUT2D eigenvalue weighted by molar-refractivity contribution is -0.120. The number of rotatable bonds is 5. The molecule has 0 aromatic heterocycles. The van der Waals surface area contributed by atoms with E-state index in [1.807, 2.05) is 24.3 Å². The van der Waals surface area contributed by atoms with Crippen molar-refractivity contribution >= 4 is 34.2 Å². The predicted molar refractivity (Wildman–Crippen MR) is 82.5 cm³/mol. The highest BCUT2D eigenvalue weighted by atomic mass is 127. The maximum Gasteiger partial charge on any atom is 0.240 e. The summed E-state index contributed by atoms with van der Waals surface area (Å²) < 4.78 is 1.15. The molecule has 0 heterocycles. The van der Waals surface area contributed by atoms with Crippen molar-refractivity contribution in [1.82, 2.24) is 5.32 Å². The lowest BCUT2D eigenvalue weighted by Gasteiger charge is -2.23. The molecular weight excluding hydrogens is 353 g/mol. The second-order valence-electron chi connectivity index (χ2n) is 5.00. The molecule has 1 amide bonds. The molecule has 1 atom stereocenters. The first-order valence-electron chi connectivity index (χ1n) is 6.25. The van der Waals surface area contributed by atoms with Crippen LogP contribution in [0.15, 0.2) is 24.3 Å². The van der Waals surface area contributed by atoms with Gasteiger partial charge in [-0.05, 0) is 72.5 Å². The highest BCUT2D eigenvalue weighted by Gasteiger charge is 2.42. The van der Waals surface area contributed by atoms with Gasteiger partial charge in [-0.25, -0.2) is 0 Å². The van der Waals surface area contributed by atoms with Gasteiger partial charge in [0, 0.05) is 9.26 Å². The Morgan fingerprint density at radius 1 is 1.47 bits per heavy atom. The summed E-state index contributed by atoms with van der Waals surface area (Å²) in [6, 6.07) is 10.0. The second kappa shape index (κ2) is 5.78. The highest BCUT2D eigenvalue weighted by Crippen LogP contribution is 2.39. The molecule has 0 radical (unpaired) electrons. The number of anilines is 1. The normalized spacial score (nSPS) is 17.1. The Balaban J connectivity index is 1.84. The molecule has 0 unspecified atom stereocenters. The third-order valence-corrected chi connectivity index (χ3v) is 4.04. The van der Waals surface area contributed by atoms with Crippen molar-refractivity contribution in [1.29, 1.82) is 5.26 Å². The van der Waals surface area contributed by atoms with Gasteiger partial charge in [0.25, 0.3) is 0 Å². The summed E-state index contributed by atoms with van der Waals surface area (Å²) in [4.78, 5) is 11.9. The molecule has 0 aliphatic heterocycles. The fourth-order valence-electron chi connectivity index (χ4n) is 1.97. The lowest BCUT2D eigenvalue weighted by atomic mass is 9.98. The van der Waals surface area contributed by atoms with E-state index in [4.69, 9.17) is 0 Å². The van der Waals surface area contributed by atoms with Crippen LogP contribution in [0, 0.1) is 20.8 Å². The maximum atomic E-state index is 11.9. The summed E-state index contributed by atoms with van der Waals surface area (Å²) in [6.07, 6.45) is 2.05. The summed E-state index contributed by atoms with van der Waals surface area (Å²) in [5.41, 5.74) is 0.186. The van der Waals surface area contributed by atoms with Gasteiger partial charge in [-0.15, -0.1) is 0 Å². The molecule has 2 rings (SSSR count). The monoisotopic (exact) mass is 369 g/mol. The van der Waals surface area contributed by atoms with Crippen LogP contribution in [0.2, 0.25) is 0 Å². The van der Waals surface area contributed by atoms with Gasteiger partial charge in [-0.2, -0.15) is 5.26 Å². The number of hydrogen-bond donors (Lipinski definition) is 2. The van der Waals surface area contributed by atoms with Gasteiger partial charge in [0.05, 0.1) is 12.6 Å². The molecule has 1 saturated carbocycles. The van der Waals surface area contributed by atoms with E-state index in [0.29, 0.717) is 5.92 Å². The number of hydrogen-bond acceptors (Lipinski definition) is 3. The minimum absolute atomic E-state index is 0.144. The molecule has 2 N–H and O–H groups in total. The molecule has 0 saturated heterocycles. The number of halogens is 1. The Morgan fingerprint density at radius 3 is 2.63 bits per heavy atom. The molecule has 1 aromatic carbocycles. The van der Waals surface area contributed by atoms with Crippen molar-refractivity contribution in [2.75, 3.05) is 11.9 Å². The molecule has 5 heteroatoms. The van der Waals surface area contributed by atoms with Crippen LogP contribution in [0.1, 0.15) is 19.8 Å². The molecule has 0 spiro atoms. The maximum absolute atomic E-state index is 11.9. The summed E-state index contributed by atoms with van der Waals surface area (Å²) in [5, 5.41) is 15.0. The fraction of sp³-hybridized carbons (Fsp3) is 0.429. The van der Waals surface area contributed by atoms with Gasteiger partial charge in [0.15, 0.2) is 0 Å². The molecule has 1 aliphatic carbocycles. The molecule has 100 valence electrons. The standard InChI is InChI=1S/C14H16IN3O/c1-14(9-16,10-2-3-10)18-13(19)8-17-12-6-4-11(15)5-7-12/h4-7,10,17H,2-3,8H2,1H3,(H,18,19)/t14-/m0/s1. The molecule has 19 heavy (non-hydrogen) atoms. The van der Waals surface area contributed by atoms with E-state index in [-0.39, 0.29) is 12.5 Å². The minimum atomic E-state index is -0.717. The number of nitrogens with one attached hydrogen (secondary N) is 2. The van der Waals surface area contributed by atoms with E-state index in [0.717, 1.165) is 22.1 Å². The van der Waals surface area contributed by atoms with Crippen molar-refractivity contribution in [2.24, 2.45) is 5.92 Å². The zero-order chi connectivity index (χ0) is 13.9. The summed E-state index contributed by atoms with van der Waals surface area (Å²) in [6.45, 7) is 1.98. The second-order valence-corrected chi connectivity index (χ2v) is 6.24. The van der Waals surface area contributed by atoms with E-state index in [1.165, 1.54) is 0 Å². The van der Waals surface area contributed by atoms with E-state index in [2.05, 4.69) is 39.3 Å². The minimum Gasteiger partial charge on any atom is -0.376 e. The zero-order valence-corrected chi connectivity index (χ0v) is 12.9. The van der Waals surface area contributed by atoms with E-state index in [1.54, 1.807) is 6.92 Å². The van der Waals surface area contributed by atoms with Crippen molar-refractivity contribution < 1.29 is 4.79 Å². The Morgan fingerprint density at radius 2 is 2.11 bits per heavy atom. The molecular formula is C14H16IN3O. The molecule has 1 fully saturated rings. The van der Waals surface area contributed by atoms with E-state index in [9.17, 15) is 10.1 Å². The zero-order valence-electron chi connectivity index (χ0n) is 10.7. The largest absolute Gasteiger partial charge is 0.376 e. The van der Waals surface area contributed by atoms with Crippen molar-refractivity contribution in [2.45, 2.75) is 25.3 Å². The van der Waals surface area contributed by atoms with Gasteiger partial charge in [0.1, 0.15) is 5.54 Å². The van der Waals surface area contributed by atoms with Crippen LogP contribution < -0.4 is 10.6 Å². The van der Waals surface area contributed by atoms with Gasteiger partial charge < -0.3 is 10.6 Å². The van der Waals surface area contributed by atoms with Crippen LogP contribution in [-0.2, 0) is 4.79 Å². The number of nitrogens with zero attached hydrogens (tertiary/aromatic N) is 1. The number of carbonyl (C=O) groups is 1. The van der Waals surface area contributed by atoms with Gasteiger partial charge in [0.2, 0.25) is 5.91 Å². The first kappa shape index (κ1) is 14.1. The number of benzene rings is 1. The Bertz CT molecular complexity index is 504. The van der Waals surface area contributed by atoms with Crippen LogP contribution >= 0.6 is 22.6 Å². The van der Waals surface area contributed by atoms with Crippen molar-refractivity contribution in [3.8, 4) is 6.07 Å². The molecule has 1 aliphatic rings. The summed E-state index contributed by atoms with van der Waals surface area (Å²) in [7, 11) is 0. The molecule has 4 nitrogen and oxygen atoms in total. The average molecular weight is 369 g/mol. The highest BCUT2D eigenvalue weighted by molar-refractivity contribution is 14.1. The number of amides is 1. The molecule has 0 bridgehead atoms. The van der Waals surface area contributed by atoms with Crippen LogP contribution in [-0.4, -0.2) is 18.0 Å². The number of carbonyl (C=O) groups excluding carboxylic acids is 1. The van der Waals surface area contributed by atoms with Crippen LogP contribution in [0.25, 0.3) is 0 Å².